The molecule has 26 heavy (non-hydrogen) atoms. The molecule has 0 amide bonds. The molecule has 1 saturated carbocycles. The van der Waals surface area contributed by atoms with Crippen LogP contribution in [0.4, 0.5) is 0 Å². The average molecular weight is 369 g/mol. The second kappa shape index (κ2) is 15.0. The van der Waals surface area contributed by atoms with Gasteiger partial charge in [-0.25, -0.2) is 0 Å². The number of aliphatic carboxylic acids is 1. The van der Waals surface area contributed by atoms with E-state index in [2.05, 4.69) is 6.92 Å². The Morgan fingerprint density at radius 2 is 1.31 bits per heavy atom. The quantitative estimate of drug-likeness (QED) is 0.279. The highest BCUT2D eigenvalue weighted by Gasteiger charge is 2.31. The van der Waals surface area contributed by atoms with Crippen molar-refractivity contribution in [3.05, 3.63) is 0 Å². The SMILES string of the molecule is CCCCCCCCCCCCCCOC(=O)C1CCCC(C(=O)O)C1. The van der Waals surface area contributed by atoms with Gasteiger partial charge in [-0.1, -0.05) is 84.0 Å². The summed E-state index contributed by atoms with van der Waals surface area (Å²) in [6.45, 7) is 2.75. The first-order chi connectivity index (χ1) is 12.6. The summed E-state index contributed by atoms with van der Waals surface area (Å²) < 4.78 is 5.37. The van der Waals surface area contributed by atoms with E-state index in [1.54, 1.807) is 0 Å². The molecular weight excluding hydrogens is 328 g/mol. The Morgan fingerprint density at radius 1 is 0.808 bits per heavy atom. The van der Waals surface area contributed by atoms with Crippen LogP contribution in [0.15, 0.2) is 0 Å². The summed E-state index contributed by atoms with van der Waals surface area (Å²) in [5.41, 5.74) is 0. The third-order valence-electron chi connectivity index (χ3n) is 5.60. The summed E-state index contributed by atoms with van der Waals surface area (Å²) in [4.78, 5) is 23.1. The molecule has 0 aromatic heterocycles. The smallest absolute Gasteiger partial charge is 0.308 e. The number of ether oxygens (including phenoxy) is 1. The van der Waals surface area contributed by atoms with Gasteiger partial charge in [0.05, 0.1) is 18.4 Å². The number of hydrogen-bond donors (Lipinski definition) is 1. The Morgan fingerprint density at radius 3 is 1.85 bits per heavy atom. The van der Waals surface area contributed by atoms with Gasteiger partial charge in [0.2, 0.25) is 0 Å². The van der Waals surface area contributed by atoms with Crippen molar-refractivity contribution < 1.29 is 19.4 Å². The van der Waals surface area contributed by atoms with E-state index < -0.39 is 5.97 Å². The Kier molecular flexibility index (Phi) is 13.3. The van der Waals surface area contributed by atoms with Gasteiger partial charge in [-0.05, 0) is 25.7 Å². The molecule has 1 N–H and O–H groups in total. The molecule has 0 aromatic carbocycles. The van der Waals surface area contributed by atoms with Crippen LogP contribution in [-0.4, -0.2) is 23.7 Å². The van der Waals surface area contributed by atoms with Gasteiger partial charge in [0.1, 0.15) is 0 Å². The van der Waals surface area contributed by atoms with E-state index in [9.17, 15) is 9.59 Å². The fourth-order valence-corrected chi connectivity index (χ4v) is 3.86. The summed E-state index contributed by atoms with van der Waals surface area (Å²) in [6.07, 6.45) is 18.2. The minimum atomic E-state index is -0.775. The van der Waals surface area contributed by atoms with Crippen LogP contribution in [0.25, 0.3) is 0 Å². The highest BCUT2D eigenvalue weighted by Crippen LogP contribution is 2.30. The van der Waals surface area contributed by atoms with Gasteiger partial charge >= 0.3 is 11.9 Å². The van der Waals surface area contributed by atoms with Gasteiger partial charge < -0.3 is 9.84 Å². The van der Waals surface area contributed by atoms with Crippen LogP contribution in [0.2, 0.25) is 0 Å². The van der Waals surface area contributed by atoms with Gasteiger partial charge in [-0.2, -0.15) is 0 Å². The van der Waals surface area contributed by atoms with Crippen molar-refractivity contribution >= 4 is 11.9 Å². The molecule has 1 aliphatic rings. The minimum Gasteiger partial charge on any atom is -0.481 e. The van der Waals surface area contributed by atoms with Crippen molar-refractivity contribution in [1.82, 2.24) is 0 Å². The summed E-state index contributed by atoms with van der Waals surface area (Å²) in [7, 11) is 0. The topological polar surface area (TPSA) is 63.6 Å². The van der Waals surface area contributed by atoms with Crippen LogP contribution in [0.1, 0.15) is 110 Å². The molecule has 0 saturated heterocycles. The normalized spacial score (nSPS) is 20.0. The van der Waals surface area contributed by atoms with Crippen LogP contribution in [-0.2, 0) is 14.3 Å². The molecule has 2 atom stereocenters. The number of carbonyl (C=O) groups is 2. The lowest BCUT2D eigenvalue weighted by Crippen LogP contribution is -2.28. The van der Waals surface area contributed by atoms with Gasteiger partial charge in [0, 0.05) is 0 Å². The molecule has 0 heterocycles. The van der Waals surface area contributed by atoms with Crippen molar-refractivity contribution in [2.75, 3.05) is 6.61 Å². The zero-order valence-corrected chi connectivity index (χ0v) is 16.8. The number of rotatable bonds is 15. The average Bonchev–Trinajstić information content (AvgIpc) is 2.65. The van der Waals surface area contributed by atoms with Crippen LogP contribution >= 0.6 is 0 Å². The molecule has 0 radical (unpaired) electrons. The lowest BCUT2D eigenvalue weighted by molar-refractivity contribution is -0.152. The van der Waals surface area contributed by atoms with Gasteiger partial charge in [-0.3, -0.25) is 9.59 Å². The van der Waals surface area contributed by atoms with Crippen molar-refractivity contribution in [3.8, 4) is 0 Å². The molecule has 1 fully saturated rings. The molecule has 0 aromatic rings. The number of carboxylic acids is 1. The maximum Gasteiger partial charge on any atom is 0.308 e. The van der Waals surface area contributed by atoms with E-state index in [0.29, 0.717) is 19.4 Å². The first kappa shape index (κ1) is 23.0. The maximum atomic E-state index is 12.1. The second-order valence-corrected chi connectivity index (χ2v) is 7.96. The number of unbranched alkanes of at least 4 members (excludes halogenated alkanes) is 11. The lowest BCUT2D eigenvalue weighted by Gasteiger charge is -2.25. The number of carbonyl (C=O) groups excluding carboxylic acids is 1. The molecule has 0 aliphatic heterocycles. The van der Waals surface area contributed by atoms with Crippen molar-refractivity contribution in [1.29, 1.82) is 0 Å². The van der Waals surface area contributed by atoms with E-state index >= 15 is 0 Å². The standard InChI is InChI=1S/C22H40O4/c1-2-3-4-5-6-7-8-9-10-11-12-13-17-26-22(25)20-16-14-15-19(18-20)21(23)24/h19-20H,2-18H2,1H3,(H,23,24). The van der Waals surface area contributed by atoms with E-state index in [1.807, 2.05) is 0 Å². The highest BCUT2D eigenvalue weighted by molar-refractivity contribution is 5.75. The van der Waals surface area contributed by atoms with Gasteiger partial charge in [0.25, 0.3) is 0 Å². The van der Waals surface area contributed by atoms with Crippen LogP contribution in [0, 0.1) is 11.8 Å². The maximum absolute atomic E-state index is 12.1. The van der Waals surface area contributed by atoms with E-state index in [1.165, 1.54) is 64.2 Å². The zero-order valence-electron chi connectivity index (χ0n) is 16.8. The summed E-state index contributed by atoms with van der Waals surface area (Å²) in [5.74, 6) is -1.53. The monoisotopic (exact) mass is 368 g/mol. The molecule has 1 aliphatic carbocycles. The molecule has 152 valence electrons. The zero-order chi connectivity index (χ0) is 19.0. The molecular formula is C22H40O4. The van der Waals surface area contributed by atoms with Crippen LogP contribution < -0.4 is 0 Å². The number of esters is 1. The molecule has 4 nitrogen and oxygen atoms in total. The second-order valence-electron chi connectivity index (χ2n) is 7.96. The van der Waals surface area contributed by atoms with Crippen LogP contribution in [0.3, 0.4) is 0 Å². The van der Waals surface area contributed by atoms with Crippen molar-refractivity contribution in [2.45, 2.75) is 110 Å². The largest absolute Gasteiger partial charge is 0.481 e. The van der Waals surface area contributed by atoms with E-state index in [4.69, 9.17) is 9.84 Å². The number of hydrogen-bond acceptors (Lipinski definition) is 3. The first-order valence-corrected chi connectivity index (χ1v) is 11.0. The molecule has 1 rings (SSSR count). The Bertz CT molecular complexity index is 380. The van der Waals surface area contributed by atoms with E-state index in [-0.39, 0.29) is 17.8 Å². The molecule has 2 unspecified atom stereocenters. The summed E-state index contributed by atoms with van der Waals surface area (Å²) in [5, 5.41) is 9.08. The fraction of sp³-hybridized carbons (Fsp3) is 0.909. The molecule has 4 heteroatoms. The summed E-state index contributed by atoms with van der Waals surface area (Å²) >= 11 is 0. The number of carboxylic acid groups (broad SMARTS) is 1. The third kappa shape index (κ3) is 10.8. The Hall–Kier alpha value is -1.06. The third-order valence-corrected chi connectivity index (χ3v) is 5.60. The Balaban J connectivity index is 1.89. The molecule has 0 spiro atoms. The van der Waals surface area contributed by atoms with Gasteiger partial charge in [0.15, 0.2) is 0 Å². The summed E-state index contributed by atoms with van der Waals surface area (Å²) in [6, 6.07) is 0. The highest BCUT2D eigenvalue weighted by atomic mass is 16.5. The van der Waals surface area contributed by atoms with E-state index in [0.717, 1.165) is 25.7 Å². The van der Waals surface area contributed by atoms with Gasteiger partial charge in [-0.15, -0.1) is 0 Å². The Labute approximate surface area is 160 Å². The molecule has 0 bridgehead atoms. The van der Waals surface area contributed by atoms with Crippen molar-refractivity contribution in [2.24, 2.45) is 11.8 Å². The predicted octanol–water partition coefficient (Wildman–Crippen LogP) is 6.12. The van der Waals surface area contributed by atoms with Crippen molar-refractivity contribution in [3.63, 3.8) is 0 Å². The minimum absolute atomic E-state index is 0.181. The predicted molar refractivity (Wildman–Crippen MR) is 105 cm³/mol. The van der Waals surface area contributed by atoms with Crippen LogP contribution in [0.5, 0.6) is 0 Å². The lowest BCUT2D eigenvalue weighted by atomic mass is 9.81. The first-order valence-electron chi connectivity index (χ1n) is 11.0. The fourth-order valence-electron chi connectivity index (χ4n) is 3.86.